The number of carbonyl (C=O) groups excluding carboxylic acids is 1. The van der Waals surface area contributed by atoms with E-state index in [1.165, 1.54) is 24.2 Å². The molecule has 1 amide bonds. The number of nitrogens with one attached hydrogen (secondary N) is 1. The fourth-order valence-electron chi connectivity index (χ4n) is 3.46. The van der Waals surface area contributed by atoms with Crippen LogP contribution in [0.5, 0.6) is 0 Å². The Labute approximate surface area is 113 Å². The first kappa shape index (κ1) is 12.1. The Hall–Kier alpha value is -0.960. The number of rotatable bonds is 1. The van der Waals surface area contributed by atoms with E-state index in [0.29, 0.717) is 11.7 Å². The van der Waals surface area contributed by atoms with Gasteiger partial charge in [0.25, 0.3) is 0 Å². The fourth-order valence-corrected chi connectivity index (χ4v) is 4.79. The molecular formula is C15H19NOS. The van der Waals surface area contributed by atoms with Gasteiger partial charge in [0.1, 0.15) is 0 Å². The smallest absolute Gasteiger partial charge is 0.221 e. The van der Waals surface area contributed by atoms with Crippen molar-refractivity contribution in [2.24, 2.45) is 5.41 Å². The number of carbonyl (C=O) groups is 1. The first-order valence-electron chi connectivity index (χ1n) is 6.68. The number of hydrogen-bond donors (Lipinski definition) is 1. The Kier molecular flexibility index (Phi) is 3.10. The van der Waals surface area contributed by atoms with E-state index < -0.39 is 0 Å². The van der Waals surface area contributed by atoms with Gasteiger partial charge < -0.3 is 5.32 Å². The van der Waals surface area contributed by atoms with Crippen LogP contribution in [0.2, 0.25) is 0 Å². The molecule has 1 aromatic carbocycles. The van der Waals surface area contributed by atoms with E-state index in [9.17, 15) is 4.79 Å². The molecule has 2 fully saturated rings. The highest BCUT2D eigenvalue weighted by molar-refractivity contribution is 7.99. The first-order chi connectivity index (χ1) is 8.72. The summed E-state index contributed by atoms with van der Waals surface area (Å²) in [5.41, 5.74) is 1.39. The van der Waals surface area contributed by atoms with Crippen molar-refractivity contribution in [3.8, 4) is 0 Å². The molecule has 0 saturated carbocycles. The predicted octanol–water partition coefficient (Wildman–Crippen LogP) is 3.15. The third-order valence-electron chi connectivity index (χ3n) is 4.47. The molecule has 1 N–H and O–H groups in total. The largest absolute Gasteiger partial charge is 0.349 e. The van der Waals surface area contributed by atoms with Crippen LogP contribution in [0.1, 0.15) is 37.8 Å². The summed E-state index contributed by atoms with van der Waals surface area (Å²) in [4.78, 5) is 11.9. The predicted molar refractivity (Wildman–Crippen MR) is 75.5 cm³/mol. The summed E-state index contributed by atoms with van der Waals surface area (Å²) in [5, 5.41) is 3.76. The summed E-state index contributed by atoms with van der Waals surface area (Å²) in [6.45, 7) is 2.29. The van der Waals surface area contributed by atoms with Gasteiger partial charge in [-0.05, 0) is 24.2 Å². The van der Waals surface area contributed by atoms with Gasteiger partial charge in [0.2, 0.25) is 5.91 Å². The Morgan fingerprint density at radius 1 is 1.33 bits per heavy atom. The van der Waals surface area contributed by atoms with Gasteiger partial charge in [0.15, 0.2) is 0 Å². The zero-order valence-corrected chi connectivity index (χ0v) is 11.5. The van der Waals surface area contributed by atoms with Crippen LogP contribution in [0.3, 0.4) is 0 Å². The van der Waals surface area contributed by atoms with Crippen LogP contribution in [0, 0.1) is 5.41 Å². The normalized spacial score (nSPS) is 35.7. The van der Waals surface area contributed by atoms with Gasteiger partial charge >= 0.3 is 0 Å². The topological polar surface area (TPSA) is 29.1 Å². The molecule has 2 heterocycles. The number of thioether (sulfide) groups is 1. The number of benzene rings is 1. The third-order valence-corrected chi connectivity index (χ3v) is 5.96. The summed E-state index contributed by atoms with van der Waals surface area (Å²) in [7, 11) is 0. The molecule has 1 spiro atoms. The van der Waals surface area contributed by atoms with Crippen molar-refractivity contribution in [3.63, 3.8) is 0 Å². The maximum Gasteiger partial charge on any atom is 0.221 e. The van der Waals surface area contributed by atoms with E-state index in [4.69, 9.17) is 0 Å². The molecule has 0 bridgehead atoms. The van der Waals surface area contributed by atoms with Crippen LogP contribution >= 0.6 is 11.8 Å². The van der Waals surface area contributed by atoms with Crippen molar-refractivity contribution < 1.29 is 4.79 Å². The van der Waals surface area contributed by atoms with Crippen molar-refractivity contribution in [3.05, 3.63) is 35.9 Å². The zero-order valence-electron chi connectivity index (χ0n) is 10.7. The monoisotopic (exact) mass is 261 g/mol. The highest BCUT2D eigenvalue weighted by Gasteiger charge is 2.51. The first-order valence-corrected chi connectivity index (χ1v) is 7.73. The Morgan fingerprint density at radius 2 is 2.11 bits per heavy atom. The van der Waals surface area contributed by atoms with Gasteiger partial charge in [-0.25, -0.2) is 0 Å². The van der Waals surface area contributed by atoms with Crippen LogP contribution in [0.15, 0.2) is 30.3 Å². The molecule has 2 saturated heterocycles. The van der Waals surface area contributed by atoms with E-state index in [0.717, 1.165) is 0 Å². The molecule has 3 atom stereocenters. The van der Waals surface area contributed by atoms with Crippen LogP contribution in [0.25, 0.3) is 0 Å². The molecule has 2 nitrogen and oxygen atoms in total. The van der Waals surface area contributed by atoms with Crippen LogP contribution in [0.4, 0.5) is 0 Å². The van der Waals surface area contributed by atoms with Gasteiger partial charge in [-0.15, -0.1) is 0 Å². The Morgan fingerprint density at radius 3 is 2.83 bits per heavy atom. The molecule has 2 aliphatic rings. The lowest BCUT2D eigenvalue weighted by molar-refractivity contribution is -0.119. The second-order valence-corrected chi connectivity index (χ2v) is 6.89. The molecule has 96 valence electrons. The highest BCUT2D eigenvalue weighted by atomic mass is 32.2. The molecule has 3 unspecified atom stereocenters. The lowest BCUT2D eigenvalue weighted by Gasteiger charge is -2.42. The minimum atomic E-state index is 0.126. The van der Waals surface area contributed by atoms with E-state index in [2.05, 4.69) is 36.5 Å². The second kappa shape index (κ2) is 4.61. The minimum Gasteiger partial charge on any atom is -0.349 e. The lowest BCUT2D eigenvalue weighted by Crippen LogP contribution is -2.39. The molecule has 1 aromatic rings. The molecule has 18 heavy (non-hydrogen) atoms. The van der Waals surface area contributed by atoms with Crippen molar-refractivity contribution >= 4 is 17.7 Å². The standard InChI is InChI=1S/C15H19NOS/c1-11-15(8-5-9-18-11)10-13(17)16-14(15)12-6-3-2-4-7-12/h2-4,6-7,11,14H,5,8-10H2,1H3,(H,16,17). The molecule has 0 aliphatic carbocycles. The SMILES string of the molecule is CC1SCCCC12CC(=O)NC2c1ccccc1. The van der Waals surface area contributed by atoms with Crippen molar-refractivity contribution in [2.45, 2.75) is 37.5 Å². The van der Waals surface area contributed by atoms with E-state index in [1.807, 2.05) is 17.8 Å². The average molecular weight is 261 g/mol. The third kappa shape index (κ3) is 1.85. The summed E-state index contributed by atoms with van der Waals surface area (Å²) in [6, 6.07) is 10.6. The summed E-state index contributed by atoms with van der Waals surface area (Å²) < 4.78 is 0. The summed E-state index contributed by atoms with van der Waals surface area (Å²) >= 11 is 2.02. The summed E-state index contributed by atoms with van der Waals surface area (Å²) in [6.07, 6.45) is 3.09. The van der Waals surface area contributed by atoms with Crippen molar-refractivity contribution in [1.29, 1.82) is 0 Å². The van der Waals surface area contributed by atoms with Gasteiger partial charge in [-0.1, -0.05) is 37.3 Å². The van der Waals surface area contributed by atoms with Crippen molar-refractivity contribution in [1.82, 2.24) is 5.32 Å². The molecule has 2 aliphatic heterocycles. The molecule has 3 rings (SSSR count). The fraction of sp³-hybridized carbons (Fsp3) is 0.533. The quantitative estimate of drug-likeness (QED) is 0.841. The maximum atomic E-state index is 11.9. The van der Waals surface area contributed by atoms with Gasteiger partial charge in [0.05, 0.1) is 6.04 Å². The van der Waals surface area contributed by atoms with Gasteiger partial charge in [-0.3, -0.25) is 4.79 Å². The van der Waals surface area contributed by atoms with Crippen LogP contribution in [-0.4, -0.2) is 16.9 Å². The molecule has 3 heteroatoms. The Balaban J connectivity index is 1.99. The van der Waals surface area contributed by atoms with Crippen LogP contribution in [-0.2, 0) is 4.79 Å². The lowest BCUT2D eigenvalue weighted by atomic mass is 9.71. The highest BCUT2D eigenvalue weighted by Crippen LogP contribution is 2.54. The van der Waals surface area contributed by atoms with E-state index >= 15 is 0 Å². The minimum absolute atomic E-state index is 0.126. The maximum absolute atomic E-state index is 11.9. The van der Waals surface area contributed by atoms with Gasteiger partial charge in [-0.2, -0.15) is 11.8 Å². The number of amides is 1. The second-order valence-electron chi connectivity index (χ2n) is 5.44. The molecule has 0 radical (unpaired) electrons. The van der Waals surface area contributed by atoms with Gasteiger partial charge in [0, 0.05) is 17.1 Å². The average Bonchev–Trinajstić information content (AvgIpc) is 2.72. The summed E-state index contributed by atoms with van der Waals surface area (Å²) in [5.74, 6) is 1.46. The Bertz CT molecular complexity index is 447. The zero-order chi connectivity index (χ0) is 12.6. The molecular weight excluding hydrogens is 242 g/mol. The van der Waals surface area contributed by atoms with Crippen molar-refractivity contribution in [2.75, 3.05) is 5.75 Å². The van der Waals surface area contributed by atoms with Crippen LogP contribution < -0.4 is 5.32 Å². The molecule has 0 aromatic heterocycles. The van der Waals surface area contributed by atoms with E-state index in [1.54, 1.807) is 0 Å². The van der Waals surface area contributed by atoms with E-state index in [-0.39, 0.29) is 17.4 Å². The number of hydrogen-bond acceptors (Lipinski definition) is 2.